The van der Waals surface area contributed by atoms with E-state index < -0.39 is 24.0 Å². The average molecular weight is 645 g/mol. The van der Waals surface area contributed by atoms with Crippen LogP contribution in [0.5, 0.6) is 11.5 Å². The quantitative estimate of drug-likeness (QED) is 0.151. The molecule has 0 heterocycles. The highest BCUT2D eigenvalue weighted by atomic mass is 16.3. The summed E-state index contributed by atoms with van der Waals surface area (Å²) in [5, 5.41) is 55.2. The van der Waals surface area contributed by atoms with Crippen LogP contribution in [0.1, 0.15) is 23.0 Å². The molecular formula is C40H44N4O4. The van der Waals surface area contributed by atoms with E-state index in [9.17, 15) is 20.4 Å². The number of anilines is 4. The highest BCUT2D eigenvalue weighted by molar-refractivity contribution is 6.19. The molecule has 48 heavy (non-hydrogen) atoms. The van der Waals surface area contributed by atoms with Gasteiger partial charge in [0.05, 0.1) is 23.6 Å². The molecule has 4 N–H and O–H groups in total. The van der Waals surface area contributed by atoms with Gasteiger partial charge in [0.15, 0.2) is 0 Å². The van der Waals surface area contributed by atoms with Crippen LogP contribution >= 0.6 is 0 Å². The van der Waals surface area contributed by atoms with E-state index in [1.807, 2.05) is 103 Å². The van der Waals surface area contributed by atoms with Crippen molar-refractivity contribution >= 4 is 65.8 Å². The number of hydrogen-bond acceptors (Lipinski definition) is 8. The monoisotopic (exact) mass is 644 g/mol. The van der Waals surface area contributed by atoms with E-state index in [-0.39, 0.29) is 11.5 Å². The number of aliphatic hydroxyl groups is 2. The standard InChI is InChI=1S/C40H44N4O4/c1-41(2)27-19-29(45)33(25-17-21-13-9-11-15-23(21)37(31(25)27)43(5)6)35-39(47)36(40(35)48)34-26-18-22-14-10-12-16-24(22)38(44(7)8)32(26)28(42(3)4)20-30(34)46/h9-20,35-36,39-40,45-48H,1-8H3. The molecule has 8 nitrogen and oxygen atoms in total. The molecule has 0 saturated heterocycles. The summed E-state index contributed by atoms with van der Waals surface area (Å²) in [6.45, 7) is 0. The molecule has 6 aromatic rings. The van der Waals surface area contributed by atoms with Gasteiger partial charge in [-0.2, -0.15) is 0 Å². The second kappa shape index (κ2) is 11.4. The van der Waals surface area contributed by atoms with Crippen LogP contribution in [-0.2, 0) is 0 Å². The van der Waals surface area contributed by atoms with E-state index in [1.165, 1.54) is 0 Å². The second-order valence-electron chi connectivity index (χ2n) is 14.0. The third kappa shape index (κ3) is 4.50. The highest BCUT2D eigenvalue weighted by Crippen LogP contribution is 2.58. The molecule has 0 radical (unpaired) electrons. The Kier molecular flexibility index (Phi) is 7.49. The predicted molar refractivity (Wildman–Crippen MR) is 201 cm³/mol. The van der Waals surface area contributed by atoms with Crippen LogP contribution in [0, 0.1) is 0 Å². The van der Waals surface area contributed by atoms with E-state index in [4.69, 9.17) is 0 Å². The lowest BCUT2D eigenvalue weighted by atomic mass is 9.61. The lowest BCUT2D eigenvalue weighted by Gasteiger charge is -2.48. The van der Waals surface area contributed by atoms with Crippen molar-refractivity contribution in [1.29, 1.82) is 0 Å². The summed E-state index contributed by atoms with van der Waals surface area (Å²) in [6.07, 6.45) is -2.16. The molecule has 0 unspecified atom stereocenters. The molecule has 8 heteroatoms. The van der Waals surface area contributed by atoms with Crippen molar-refractivity contribution in [3.05, 3.63) is 83.9 Å². The number of phenols is 2. The zero-order valence-corrected chi connectivity index (χ0v) is 28.8. The largest absolute Gasteiger partial charge is 0.508 e. The first-order chi connectivity index (χ1) is 22.8. The maximum Gasteiger partial charge on any atom is 0.121 e. The van der Waals surface area contributed by atoms with E-state index in [0.29, 0.717) is 11.1 Å². The van der Waals surface area contributed by atoms with E-state index in [1.54, 1.807) is 12.1 Å². The Hall–Kier alpha value is -4.92. The van der Waals surface area contributed by atoms with Gasteiger partial charge in [0.25, 0.3) is 0 Å². The fraction of sp³-hybridized carbons (Fsp3) is 0.300. The van der Waals surface area contributed by atoms with Gasteiger partial charge in [-0.05, 0) is 33.7 Å². The first-order valence-corrected chi connectivity index (χ1v) is 16.3. The fourth-order valence-corrected chi connectivity index (χ4v) is 8.16. The number of nitrogens with zero attached hydrogens (tertiary/aromatic N) is 4. The molecule has 1 fully saturated rings. The summed E-state index contributed by atoms with van der Waals surface area (Å²) < 4.78 is 0. The molecule has 248 valence electrons. The lowest BCUT2D eigenvalue weighted by Crippen LogP contribution is -2.51. The Morgan fingerprint density at radius 3 is 1.15 bits per heavy atom. The highest BCUT2D eigenvalue weighted by Gasteiger charge is 2.53. The van der Waals surface area contributed by atoms with Crippen molar-refractivity contribution in [1.82, 2.24) is 0 Å². The van der Waals surface area contributed by atoms with Crippen LogP contribution in [0.3, 0.4) is 0 Å². The number of fused-ring (bicyclic) bond motifs is 4. The maximum atomic E-state index is 12.1. The van der Waals surface area contributed by atoms with Gasteiger partial charge >= 0.3 is 0 Å². The zero-order valence-electron chi connectivity index (χ0n) is 28.8. The first kappa shape index (κ1) is 31.7. The number of phenolic OH excluding ortho intramolecular Hbond substituents is 2. The summed E-state index contributed by atoms with van der Waals surface area (Å²) in [7, 11) is 15.8. The summed E-state index contributed by atoms with van der Waals surface area (Å²) in [4.78, 5) is 8.12. The lowest BCUT2D eigenvalue weighted by molar-refractivity contribution is -0.0787. The molecule has 1 aliphatic carbocycles. The van der Waals surface area contributed by atoms with Crippen molar-refractivity contribution in [2.75, 3.05) is 76.0 Å². The fourth-order valence-electron chi connectivity index (χ4n) is 8.16. The molecule has 0 aliphatic heterocycles. The van der Waals surface area contributed by atoms with Gasteiger partial charge in [0.2, 0.25) is 0 Å². The van der Waals surface area contributed by atoms with Gasteiger partial charge in [0.1, 0.15) is 11.5 Å². The van der Waals surface area contributed by atoms with E-state index in [0.717, 1.165) is 65.8 Å². The van der Waals surface area contributed by atoms with Crippen LogP contribution in [0.4, 0.5) is 22.7 Å². The smallest absolute Gasteiger partial charge is 0.121 e. The number of aliphatic hydroxyl groups excluding tert-OH is 2. The van der Waals surface area contributed by atoms with Gasteiger partial charge < -0.3 is 40.0 Å². The Balaban J connectivity index is 1.48. The third-order valence-electron chi connectivity index (χ3n) is 10.2. The summed E-state index contributed by atoms with van der Waals surface area (Å²) in [5.41, 5.74) is 4.69. The minimum Gasteiger partial charge on any atom is -0.508 e. The molecule has 0 atom stereocenters. The van der Waals surface area contributed by atoms with E-state index >= 15 is 0 Å². The molecule has 1 aliphatic rings. The first-order valence-electron chi connectivity index (χ1n) is 16.3. The second-order valence-corrected chi connectivity index (χ2v) is 14.0. The van der Waals surface area contributed by atoms with Crippen molar-refractivity contribution in [3.63, 3.8) is 0 Å². The predicted octanol–water partition coefficient (Wildman–Crippen LogP) is 6.58. The third-order valence-corrected chi connectivity index (χ3v) is 10.2. The van der Waals surface area contributed by atoms with Gasteiger partial charge in [-0.1, -0.05) is 48.5 Å². The maximum absolute atomic E-state index is 12.1. The van der Waals surface area contributed by atoms with Gasteiger partial charge in [-0.3, -0.25) is 0 Å². The molecule has 6 aromatic carbocycles. The van der Waals surface area contributed by atoms with Gasteiger partial charge in [-0.15, -0.1) is 0 Å². The zero-order chi connectivity index (χ0) is 34.3. The van der Waals surface area contributed by atoms with Crippen LogP contribution in [0.2, 0.25) is 0 Å². The van der Waals surface area contributed by atoms with Gasteiger partial charge in [-0.25, -0.2) is 0 Å². The van der Waals surface area contributed by atoms with Crippen LogP contribution in [0.15, 0.2) is 72.8 Å². The van der Waals surface area contributed by atoms with Crippen LogP contribution in [0.25, 0.3) is 43.1 Å². The SMILES string of the molecule is CN(C)c1cc(O)c(C2C(O)C(c3c(O)cc(N(C)C)c4c(N(C)C)c5ccccc5cc34)C2O)c2cc3ccccc3c(N(C)C)c12. The number of benzene rings is 6. The van der Waals surface area contributed by atoms with Crippen molar-refractivity contribution in [2.24, 2.45) is 0 Å². The normalized spacial score (nSPS) is 19.2. The molecule has 0 bridgehead atoms. The molecule has 0 aromatic heterocycles. The molecule has 1 saturated carbocycles. The minimum atomic E-state index is -1.08. The number of rotatable bonds is 6. The topological polar surface area (TPSA) is 93.9 Å². The Morgan fingerprint density at radius 1 is 0.458 bits per heavy atom. The molecular weight excluding hydrogens is 600 g/mol. The summed E-state index contributed by atoms with van der Waals surface area (Å²) in [6, 6.07) is 23.9. The van der Waals surface area contributed by atoms with Gasteiger partial charge in [0, 0.05) is 124 Å². The van der Waals surface area contributed by atoms with Crippen molar-refractivity contribution in [3.8, 4) is 11.5 Å². The molecule has 0 amide bonds. The number of hydrogen-bond donors (Lipinski definition) is 4. The molecule has 7 rings (SSSR count). The minimum absolute atomic E-state index is 0.0191. The number of aromatic hydroxyl groups is 2. The van der Waals surface area contributed by atoms with Crippen molar-refractivity contribution < 1.29 is 20.4 Å². The summed E-state index contributed by atoms with van der Waals surface area (Å²) in [5.74, 6) is -1.54. The Morgan fingerprint density at radius 2 is 0.812 bits per heavy atom. The Labute approximate surface area is 281 Å². The van der Waals surface area contributed by atoms with Crippen LogP contribution < -0.4 is 19.6 Å². The molecule has 0 spiro atoms. The van der Waals surface area contributed by atoms with E-state index in [2.05, 4.69) is 34.1 Å². The van der Waals surface area contributed by atoms with Crippen LogP contribution in [-0.4, -0.2) is 89.0 Å². The van der Waals surface area contributed by atoms with Crippen molar-refractivity contribution in [2.45, 2.75) is 24.0 Å². The average Bonchev–Trinajstić information content (AvgIpc) is 3.04. The summed E-state index contributed by atoms with van der Waals surface area (Å²) >= 11 is 0. The Bertz CT molecular complexity index is 2080.